The molecule has 3 aromatic rings. The van der Waals surface area contributed by atoms with Crippen molar-refractivity contribution in [2.24, 2.45) is 0 Å². The molecule has 0 spiro atoms. The van der Waals surface area contributed by atoms with E-state index in [0.717, 1.165) is 0 Å². The maximum atomic E-state index is 2.31. The van der Waals surface area contributed by atoms with E-state index >= 15 is 0 Å². The van der Waals surface area contributed by atoms with Crippen LogP contribution in [0.4, 0.5) is 0 Å². The molecule has 3 rings (SSSR count). The molecule has 0 nitrogen and oxygen atoms in total. The second-order valence-corrected chi connectivity index (χ2v) is 9.06. The van der Waals surface area contributed by atoms with Crippen LogP contribution < -0.4 is 12.1 Å². The third-order valence-corrected chi connectivity index (χ3v) is 8.77. The smallest absolute Gasteiger partial charge is 0 e. The van der Waals surface area contributed by atoms with Gasteiger partial charge in [-0.2, -0.15) is 0 Å². The summed E-state index contributed by atoms with van der Waals surface area (Å²) in [5.41, 5.74) is 4.19. The van der Waals surface area contributed by atoms with Gasteiger partial charge in [-0.05, 0) is 0 Å². The molecule has 3 aromatic carbocycles. The van der Waals surface area contributed by atoms with E-state index in [1.807, 2.05) is 0 Å². The predicted octanol–water partition coefficient (Wildman–Crippen LogP) is 3.50. The molecule has 0 aliphatic heterocycles. The van der Waals surface area contributed by atoms with Crippen LogP contribution in [0, 0.1) is 20.8 Å². The number of rotatable bonds is 3. The Morgan fingerprint density at radius 2 is 0.739 bits per heavy atom. The Morgan fingerprint density at radius 3 is 1.00 bits per heavy atom. The topological polar surface area (TPSA) is 0 Å². The molecule has 0 amide bonds. The fraction of sp³-hybridized carbons (Fsp3) is 0.143. The Balaban J connectivity index is 0.00000192. The van der Waals surface area contributed by atoms with Gasteiger partial charge in [-0.1, -0.05) is 0 Å². The number of benzene rings is 3. The van der Waals surface area contributed by atoms with Crippen molar-refractivity contribution in [1.82, 2.24) is 0 Å². The van der Waals surface area contributed by atoms with Crippen LogP contribution in [-0.2, 0) is 37.2 Å². The van der Waals surface area contributed by atoms with Gasteiger partial charge in [-0.25, -0.2) is 0 Å². The Hall–Kier alpha value is -1.02. The third-order valence-electron chi connectivity index (χ3n) is 3.64. The summed E-state index contributed by atoms with van der Waals surface area (Å²) in [5.74, 6) is 0. The van der Waals surface area contributed by atoms with Gasteiger partial charge in [0.05, 0.1) is 0 Å². The summed E-state index contributed by atoms with van der Waals surface area (Å²) >= 11 is -1.15. The van der Waals surface area contributed by atoms with E-state index in [1.165, 1.54) is 28.8 Å². The molecule has 0 bridgehead atoms. The van der Waals surface area contributed by atoms with E-state index in [-0.39, 0.29) is 20.4 Å². The molecule has 0 aromatic heterocycles. The fourth-order valence-electron chi connectivity index (χ4n) is 2.43. The monoisotopic (exact) mass is 485 g/mol. The quantitative estimate of drug-likeness (QED) is 0.498. The zero-order chi connectivity index (χ0) is 15.5. The molecule has 0 fully saturated rings. The van der Waals surface area contributed by atoms with Crippen molar-refractivity contribution in [1.29, 1.82) is 0 Å². The molecule has 0 saturated heterocycles. The minimum absolute atomic E-state index is 0. The van der Waals surface area contributed by atoms with Crippen molar-refractivity contribution in [3.63, 3.8) is 0 Å². The molecule has 0 N–H and O–H groups in total. The average molecular weight is 486 g/mol. The van der Waals surface area contributed by atoms with E-state index in [2.05, 4.69) is 93.6 Å². The van der Waals surface area contributed by atoms with Crippen LogP contribution in [0.3, 0.4) is 0 Å². The first-order valence-electron chi connectivity index (χ1n) is 7.46. The average Bonchev–Trinajstić information content (AvgIpc) is 2.53. The zero-order valence-corrected chi connectivity index (χ0v) is 16.7. The second-order valence-electron chi connectivity index (χ2n) is 5.38. The molecule has 0 unspecified atom stereocenters. The summed E-state index contributed by atoms with van der Waals surface area (Å²) in [6, 6.07) is 26.6. The minimum Gasteiger partial charge on any atom is 0 e. The van der Waals surface area contributed by atoms with Gasteiger partial charge < -0.3 is 0 Å². The van der Waals surface area contributed by atoms with Crippen LogP contribution in [0.1, 0.15) is 16.7 Å². The van der Waals surface area contributed by atoms with Crippen molar-refractivity contribution in [3.8, 4) is 0 Å². The van der Waals surface area contributed by atoms with Gasteiger partial charge in [0.1, 0.15) is 0 Å². The molecule has 0 radical (unpaired) electrons. The maximum Gasteiger partial charge on any atom is 0 e. The summed E-state index contributed by atoms with van der Waals surface area (Å²) in [7, 11) is 0. The Bertz CT molecular complexity index is 685. The van der Waals surface area contributed by atoms with Crippen LogP contribution >= 0.6 is 0 Å². The SMILES string of the molecule is Cc1cccc[c]1[Pd]([c]1ccccc1C)[c]1ccccc1C.[Pd]. The predicted molar refractivity (Wildman–Crippen MR) is 92.4 cm³/mol. The van der Waals surface area contributed by atoms with Gasteiger partial charge in [0.15, 0.2) is 0 Å². The molecular weight excluding hydrogens is 465 g/mol. The van der Waals surface area contributed by atoms with Crippen LogP contribution in [0.5, 0.6) is 0 Å². The number of hydrogen-bond acceptors (Lipinski definition) is 0. The Labute approximate surface area is 158 Å². The van der Waals surface area contributed by atoms with Crippen molar-refractivity contribution in [2.75, 3.05) is 0 Å². The second kappa shape index (κ2) is 8.19. The third kappa shape index (κ3) is 3.91. The number of hydrogen-bond donors (Lipinski definition) is 0. The Morgan fingerprint density at radius 1 is 0.478 bits per heavy atom. The van der Waals surface area contributed by atoms with Gasteiger partial charge in [-0.15, -0.1) is 0 Å². The van der Waals surface area contributed by atoms with Crippen molar-refractivity contribution in [3.05, 3.63) is 89.5 Å². The maximum absolute atomic E-state index is 2.31. The largest absolute Gasteiger partial charge is 0 e. The molecular formula is C21H21Pd2. The van der Waals surface area contributed by atoms with Crippen LogP contribution in [-0.4, -0.2) is 0 Å². The van der Waals surface area contributed by atoms with E-state index in [9.17, 15) is 0 Å². The molecule has 0 heterocycles. The van der Waals surface area contributed by atoms with E-state index in [4.69, 9.17) is 0 Å². The summed E-state index contributed by atoms with van der Waals surface area (Å²) in [6.45, 7) is 6.71. The van der Waals surface area contributed by atoms with Crippen LogP contribution in [0.25, 0.3) is 0 Å². The molecule has 0 saturated carbocycles. The first kappa shape index (κ1) is 18.3. The van der Waals surface area contributed by atoms with Crippen molar-refractivity contribution in [2.45, 2.75) is 20.8 Å². The van der Waals surface area contributed by atoms with Gasteiger partial charge in [-0.3, -0.25) is 0 Å². The number of aryl methyl sites for hydroxylation is 3. The van der Waals surface area contributed by atoms with Crippen molar-refractivity contribution >= 4 is 12.1 Å². The van der Waals surface area contributed by atoms with E-state index < -0.39 is 16.8 Å². The van der Waals surface area contributed by atoms with Crippen molar-refractivity contribution < 1.29 is 37.2 Å². The molecule has 23 heavy (non-hydrogen) atoms. The summed E-state index contributed by atoms with van der Waals surface area (Å²) in [6.07, 6.45) is 0. The summed E-state index contributed by atoms with van der Waals surface area (Å²) in [4.78, 5) is 0. The molecule has 0 atom stereocenters. The zero-order valence-electron chi connectivity index (χ0n) is 13.6. The first-order chi connectivity index (χ1) is 10.7. The van der Waals surface area contributed by atoms with Gasteiger partial charge in [0, 0.05) is 20.4 Å². The first-order valence-corrected chi connectivity index (χ1v) is 9.79. The van der Waals surface area contributed by atoms with Crippen LogP contribution in [0.15, 0.2) is 72.8 Å². The van der Waals surface area contributed by atoms with E-state index in [0.29, 0.717) is 0 Å². The minimum atomic E-state index is -1.15. The molecule has 0 aliphatic carbocycles. The van der Waals surface area contributed by atoms with Gasteiger partial charge >= 0.3 is 139 Å². The Kier molecular flexibility index (Phi) is 6.53. The van der Waals surface area contributed by atoms with Gasteiger partial charge in [0.2, 0.25) is 0 Å². The van der Waals surface area contributed by atoms with Crippen LogP contribution in [0.2, 0.25) is 0 Å². The van der Waals surface area contributed by atoms with E-state index in [1.54, 1.807) is 0 Å². The molecule has 2 heteroatoms. The molecule has 125 valence electrons. The standard InChI is InChI=1S/3C7H7.2Pd/c3*1-7-5-3-2-4-6-7;;/h3*2-5H,1H3;;. The normalized spacial score (nSPS) is 10.8. The molecule has 0 aliphatic rings. The summed E-state index contributed by atoms with van der Waals surface area (Å²) in [5, 5.41) is 0. The van der Waals surface area contributed by atoms with Gasteiger partial charge in [0.25, 0.3) is 0 Å². The fourth-order valence-corrected chi connectivity index (χ4v) is 7.23. The summed E-state index contributed by atoms with van der Waals surface area (Å²) < 4.78 is 4.53.